The van der Waals surface area contributed by atoms with E-state index in [4.69, 9.17) is 4.74 Å². The molecule has 0 radical (unpaired) electrons. The highest BCUT2D eigenvalue weighted by molar-refractivity contribution is 9.10. The summed E-state index contributed by atoms with van der Waals surface area (Å²) >= 11 is 5.18. The van der Waals surface area contributed by atoms with E-state index in [2.05, 4.69) is 28.9 Å². The number of aliphatic hydroxyl groups excluding tert-OH is 1. The third kappa shape index (κ3) is 3.38. The first kappa shape index (κ1) is 14.6. The summed E-state index contributed by atoms with van der Waals surface area (Å²) in [5.74, 6) is 0.812. The highest BCUT2D eigenvalue weighted by atomic mass is 79.9. The van der Waals surface area contributed by atoms with Gasteiger partial charge >= 0.3 is 0 Å². The van der Waals surface area contributed by atoms with Gasteiger partial charge in [0, 0.05) is 20.6 Å². The molecule has 0 saturated carbocycles. The standard InChI is InChI=1S/C15H17BrO2S/c1-9-6-13(10(2)19-9)14(17)8-11-7-12(16)4-5-15(11)18-3/h4-7,14,17H,8H2,1-3H3. The summed E-state index contributed by atoms with van der Waals surface area (Å²) in [6.07, 6.45) is 0.0627. The van der Waals surface area contributed by atoms with Crippen molar-refractivity contribution < 1.29 is 9.84 Å². The van der Waals surface area contributed by atoms with Gasteiger partial charge in [-0.15, -0.1) is 11.3 Å². The molecule has 0 aliphatic heterocycles. The Hall–Kier alpha value is -0.840. The molecule has 102 valence electrons. The number of hydrogen-bond donors (Lipinski definition) is 1. The summed E-state index contributed by atoms with van der Waals surface area (Å²) in [6, 6.07) is 7.91. The molecule has 2 rings (SSSR count). The average molecular weight is 341 g/mol. The van der Waals surface area contributed by atoms with Gasteiger partial charge in [-0.3, -0.25) is 0 Å². The van der Waals surface area contributed by atoms with Crippen LogP contribution in [0.15, 0.2) is 28.7 Å². The zero-order valence-electron chi connectivity index (χ0n) is 11.2. The van der Waals surface area contributed by atoms with Crippen molar-refractivity contribution in [3.05, 3.63) is 49.6 Å². The Morgan fingerprint density at radius 3 is 2.63 bits per heavy atom. The van der Waals surface area contributed by atoms with E-state index in [-0.39, 0.29) is 0 Å². The molecule has 0 aliphatic rings. The maximum atomic E-state index is 10.4. The highest BCUT2D eigenvalue weighted by Crippen LogP contribution is 2.31. The number of benzene rings is 1. The van der Waals surface area contributed by atoms with Crippen LogP contribution in [0.4, 0.5) is 0 Å². The molecule has 0 bridgehead atoms. The highest BCUT2D eigenvalue weighted by Gasteiger charge is 2.16. The molecule has 0 spiro atoms. The van der Waals surface area contributed by atoms with Gasteiger partial charge < -0.3 is 9.84 Å². The summed E-state index contributed by atoms with van der Waals surface area (Å²) in [4.78, 5) is 2.41. The second kappa shape index (κ2) is 6.07. The number of hydrogen-bond acceptors (Lipinski definition) is 3. The van der Waals surface area contributed by atoms with Gasteiger partial charge in [-0.05, 0) is 49.2 Å². The smallest absolute Gasteiger partial charge is 0.122 e. The third-order valence-electron chi connectivity index (χ3n) is 3.09. The maximum absolute atomic E-state index is 10.4. The van der Waals surface area contributed by atoms with Crippen LogP contribution >= 0.6 is 27.3 Å². The normalized spacial score (nSPS) is 12.5. The third-order valence-corrected chi connectivity index (χ3v) is 4.57. The number of ether oxygens (including phenoxy) is 1. The first-order valence-corrected chi connectivity index (χ1v) is 7.69. The first-order chi connectivity index (χ1) is 9.01. The minimum atomic E-state index is -0.492. The lowest BCUT2D eigenvalue weighted by Crippen LogP contribution is -2.03. The Balaban J connectivity index is 2.25. The lowest BCUT2D eigenvalue weighted by atomic mass is 10.0. The molecule has 1 heterocycles. The summed E-state index contributed by atoms with van der Waals surface area (Å²) < 4.78 is 6.34. The zero-order valence-corrected chi connectivity index (χ0v) is 13.6. The van der Waals surface area contributed by atoms with E-state index in [1.54, 1.807) is 18.4 Å². The molecule has 2 aromatic rings. The van der Waals surface area contributed by atoms with Crippen molar-refractivity contribution in [3.63, 3.8) is 0 Å². The van der Waals surface area contributed by atoms with Crippen molar-refractivity contribution in [2.45, 2.75) is 26.4 Å². The van der Waals surface area contributed by atoms with E-state index in [1.165, 1.54) is 9.75 Å². The van der Waals surface area contributed by atoms with E-state index in [0.717, 1.165) is 21.3 Å². The van der Waals surface area contributed by atoms with E-state index < -0.39 is 6.10 Å². The van der Waals surface area contributed by atoms with Gasteiger partial charge in [-0.25, -0.2) is 0 Å². The van der Waals surface area contributed by atoms with Crippen LogP contribution in [0.2, 0.25) is 0 Å². The Morgan fingerprint density at radius 2 is 2.05 bits per heavy atom. The number of rotatable bonds is 4. The molecule has 1 unspecified atom stereocenters. The fourth-order valence-electron chi connectivity index (χ4n) is 2.21. The molecule has 0 fully saturated rings. The van der Waals surface area contributed by atoms with Gasteiger partial charge in [0.1, 0.15) is 5.75 Å². The van der Waals surface area contributed by atoms with Crippen LogP contribution in [0.25, 0.3) is 0 Å². The lowest BCUT2D eigenvalue weighted by molar-refractivity contribution is 0.177. The molecule has 1 aromatic carbocycles. The molecule has 4 heteroatoms. The summed E-state index contributed by atoms with van der Waals surface area (Å²) in [5.41, 5.74) is 2.03. The van der Waals surface area contributed by atoms with E-state index in [1.807, 2.05) is 25.1 Å². The Morgan fingerprint density at radius 1 is 1.32 bits per heavy atom. The minimum Gasteiger partial charge on any atom is -0.496 e. The van der Waals surface area contributed by atoms with Crippen molar-refractivity contribution in [1.29, 1.82) is 0 Å². The maximum Gasteiger partial charge on any atom is 0.122 e. The number of thiophene rings is 1. The molecule has 2 nitrogen and oxygen atoms in total. The minimum absolute atomic E-state index is 0.492. The van der Waals surface area contributed by atoms with Crippen LogP contribution in [0.5, 0.6) is 5.75 Å². The number of halogens is 1. The molecular weight excluding hydrogens is 324 g/mol. The molecule has 0 amide bonds. The predicted octanol–water partition coefficient (Wildman–Crippen LogP) is 4.41. The van der Waals surface area contributed by atoms with Crippen molar-refractivity contribution in [2.75, 3.05) is 7.11 Å². The van der Waals surface area contributed by atoms with E-state index in [0.29, 0.717) is 6.42 Å². The monoisotopic (exact) mass is 340 g/mol. The van der Waals surface area contributed by atoms with E-state index in [9.17, 15) is 5.11 Å². The Kier molecular flexibility index (Phi) is 4.66. The SMILES string of the molecule is COc1ccc(Br)cc1CC(O)c1cc(C)sc1C. The largest absolute Gasteiger partial charge is 0.496 e. The van der Waals surface area contributed by atoms with E-state index >= 15 is 0 Å². The Bertz CT molecular complexity index is 578. The van der Waals surface area contributed by atoms with Gasteiger partial charge in [-0.2, -0.15) is 0 Å². The second-order valence-corrected chi connectivity index (χ2v) is 6.92. The van der Waals surface area contributed by atoms with Crippen LogP contribution in [-0.4, -0.2) is 12.2 Å². The zero-order chi connectivity index (χ0) is 14.0. The first-order valence-electron chi connectivity index (χ1n) is 6.08. The summed E-state index contributed by atoms with van der Waals surface area (Å²) in [7, 11) is 1.65. The van der Waals surface area contributed by atoms with Crippen molar-refractivity contribution >= 4 is 27.3 Å². The van der Waals surface area contributed by atoms with Gasteiger partial charge in [0.25, 0.3) is 0 Å². The molecule has 0 aliphatic carbocycles. The van der Waals surface area contributed by atoms with Crippen molar-refractivity contribution in [2.24, 2.45) is 0 Å². The molecular formula is C15H17BrO2S. The number of methoxy groups -OCH3 is 1. The van der Waals surface area contributed by atoms with Crippen LogP contribution in [-0.2, 0) is 6.42 Å². The fourth-order valence-corrected chi connectivity index (χ4v) is 3.60. The summed E-state index contributed by atoms with van der Waals surface area (Å²) in [6.45, 7) is 4.11. The molecule has 19 heavy (non-hydrogen) atoms. The quantitative estimate of drug-likeness (QED) is 0.892. The van der Waals surface area contributed by atoms with Gasteiger partial charge in [0.2, 0.25) is 0 Å². The average Bonchev–Trinajstić information content (AvgIpc) is 2.69. The van der Waals surface area contributed by atoms with Crippen LogP contribution in [0.1, 0.15) is 27.0 Å². The van der Waals surface area contributed by atoms with Crippen LogP contribution in [0, 0.1) is 13.8 Å². The van der Waals surface area contributed by atoms with Gasteiger partial charge in [0.05, 0.1) is 13.2 Å². The van der Waals surface area contributed by atoms with Gasteiger partial charge in [0.15, 0.2) is 0 Å². The summed E-state index contributed by atoms with van der Waals surface area (Å²) in [5, 5.41) is 10.4. The molecule has 1 atom stereocenters. The predicted molar refractivity (Wildman–Crippen MR) is 83.2 cm³/mol. The Labute approximate surface area is 126 Å². The fraction of sp³-hybridized carbons (Fsp3) is 0.333. The lowest BCUT2D eigenvalue weighted by Gasteiger charge is -2.14. The van der Waals surface area contributed by atoms with Crippen molar-refractivity contribution in [1.82, 2.24) is 0 Å². The number of aryl methyl sites for hydroxylation is 2. The topological polar surface area (TPSA) is 29.5 Å². The molecule has 1 aromatic heterocycles. The van der Waals surface area contributed by atoms with Crippen LogP contribution < -0.4 is 4.74 Å². The second-order valence-electron chi connectivity index (χ2n) is 4.54. The number of aliphatic hydroxyl groups is 1. The van der Waals surface area contributed by atoms with Crippen molar-refractivity contribution in [3.8, 4) is 5.75 Å². The van der Waals surface area contributed by atoms with Crippen LogP contribution in [0.3, 0.4) is 0 Å². The molecule has 1 N–H and O–H groups in total. The molecule has 0 saturated heterocycles. The van der Waals surface area contributed by atoms with Gasteiger partial charge in [-0.1, -0.05) is 15.9 Å².